The second-order valence-electron chi connectivity index (χ2n) is 10.1. The summed E-state index contributed by atoms with van der Waals surface area (Å²) in [6.45, 7) is 13.0. The maximum Gasteiger partial charge on any atom is 0.255 e. The Morgan fingerprint density at radius 2 is 1.75 bits per heavy atom. The smallest absolute Gasteiger partial charge is 0.255 e. The van der Waals surface area contributed by atoms with E-state index in [2.05, 4.69) is 59.1 Å². The topological polar surface area (TPSA) is 103 Å². The highest BCUT2D eigenvalue weighted by Crippen LogP contribution is 2.39. The summed E-state index contributed by atoms with van der Waals surface area (Å²) in [6, 6.07) is 17.2. The molecule has 9 heteroatoms. The summed E-state index contributed by atoms with van der Waals surface area (Å²) in [5.74, 6) is 1.43. The Labute approximate surface area is 234 Å². The minimum absolute atomic E-state index is 0.245. The highest BCUT2D eigenvalue weighted by molar-refractivity contribution is 6.06. The molecule has 0 radical (unpaired) electrons. The third-order valence-corrected chi connectivity index (χ3v) is 7.15. The summed E-state index contributed by atoms with van der Waals surface area (Å²) in [5, 5.41) is 18.4. The predicted molar refractivity (Wildman–Crippen MR) is 155 cm³/mol. The SMILES string of the molecule is CCOc1cc(C2C(C(=O)Nc3cccc(C)c3)=C(C)Nc3nnnn32)ccc1OCc1cc(C)c(C)cc1C. The molecule has 5 rings (SSSR count). The lowest BCUT2D eigenvalue weighted by molar-refractivity contribution is -0.113. The molecular weight excluding hydrogens is 504 g/mol. The van der Waals surface area contributed by atoms with Gasteiger partial charge in [-0.25, -0.2) is 0 Å². The number of carbonyl (C=O) groups excluding carboxylic acids is 1. The summed E-state index contributed by atoms with van der Waals surface area (Å²) in [6.07, 6.45) is 0. The van der Waals surface area contributed by atoms with Crippen LogP contribution in [0.25, 0.3) is 0 Å². The fraction of sp³-hybridized carbons (Fsp3) is 0.290. The Bertz CT molecular complexity index is 1610. The van der Waals surface area contributed by atoms with Gasteiger partial charge in [0.2, 0.25) is 5.95 Å². The van der Waals surface area contributed by atoms with Crippen molar-refractivity contribution in [2.45, 2.75) is 54.2 Å². The van der Waals surface area contributed by atoms with Gasteiger partial charge in [-0.1, -0.05) is 35.4 Å². The third-order valence-electron chi connectivity index (χ3n) is 7.15. The molecule has 1 unspecified atom stereocenters. The van der Waals surface area contributed by atoms with Crippen LogP contribution in [-0.2, 0) is 11.4 Å². The van der Waals surface area contributed by atoms with Crippen molar-refractivity contribution in [2.75, 3.05) is 17.2 Å². The molecule has 4 aromatic rings. The first-order chi connectivity index (χ1) is 19.2. The van der Waals surface area contributed by atoms with Crippen molar-refractivity contribution in [1.82, 2.24) is 20.2 Å². The van der Waals surface area contributed by atoms with Crippen LogP contribution < -0.4 is 20.1 Å². The van der Waals surface area contributed by atoms with Gasteiger partial charge in [0.05, 0.1) is 12.2 Å². The summed E-state index contributed by atoms with van der Waals surface area (Å²) in [5.41, 5.74) is 8.53. The molecule has 0 saturated heterocycles. The predicted octanol–water partition coefficient (Wildman–Crippen LogP) is 5.81. The Morgan fingerprint density at radius 1 is 0.950 bits per heavy atom. The van der Waals surface area contributed by atoms with Gasteiger partial charge >= 0.3 is 0 Å². The van der Waals surface area contributed by atoms with Crippen LogP contribution in [0.1, 0.15) is 53.3 Å². The number of hydrogen-bond donors (Lipinski definition) is 2. The number of ether oxygens (including phenoxy) is 2. The average Bonchev–Trinajstić information content (AvgIpc) is 3.38. The fourth-order valence-electron chi connectivity index (χ4n) is 4.95. The van der Waals surface area contributed by atoms with Crippen molar-refractivity contribution in [3.8, 4) is 11.5 Å². The third kappa shape index (κ3) is 5.40. The molecule has 0 aliphatic carbocycles. The van der Waals surface area contributed by atoms with Crippen LogP contribution in [-0.4, -0.2) is 32.7 Å². The molecule has 2 heterocycles. The van der Waals surface area contributed by atoms with Gasteiger partial charge in [0.25, 0.3) is 5.91 Å². The monoisotopic (exact) mass is 538 g/mol. The molecule has 1 aromatic heterocycles. The molecular formula is C31H34N6O3. The van der Waals surface area contributed by atoms with Crippen molar-refractivity contribution >= 4 is 17.5 Å². The van der Waals surface area contributed by atoms with E-state index in [1.165, 1.54) is 16.7 Å². The number of amides is 1. The van der Waals surface area contributed by atoms with E-state index in [-0.39, 0.29) is 5.91 Å². The minimum Gasteiger partial charge on any atom is -0.490 e. The van der Waals surface area contributed by atoms with E-state index >= 15 is 0 Å². The van der Waals surface area contributed by atoms with E-state index in [1.54, 1.807) is 4.68 Å². The van der Waals surface area contributed by atoms with Gasteiger partial charge < -0.3 is 20.1 Å². The van der Waals surface area contributed by atoms with E-state index < -0.39 is 6.04 Å². The first-order valence-electron chi connectivity index (χ1n) is 13.3. The van der Waals surface area contributed by atoms with Crippen LogP contribution in [0.15, 0.2) is 65.9 Å². The number of aryl methyl sites for hydroxylation is 4. The lowest BCUT2D eigenvalue weighted by Crippen LogP contribution is -2.31. The molecule has 40 heavy (non-hydrogen) atoms. The molecule has 1 aliphatic heterocycles. The molecule has 0 bridgehead atoms. The van der Waals surface area contributed by atoms with E-state index in [0.717, 1.165) is 16.7 Å². The molecule has 2 N–H and O–H groups in total. The largest absolute Gasteiger partial charge is 0.490 e. The summed E-state index contributed by atoms with van der Waals surface area (Å²) in [4.78, 5) is 13.7. The van der Waals surface area contributed by atoms with Crippen LogP contribution in [0.3, 0.4) is 0 Å². The zero-order valence-electron chi connectivity index (χ0n) is 23.7. The molecule has 0 saturated carbocycles. The van der Waals surface area contributed by atoms with Crippen molar-refractivity contribution in [3.63, 3.8) is 0 Å². The van der Waals surface area contributed by atoms with Gasteiger partial charge in [-0.2, -0.15) is 4.68 Å². The molecule has 3 aromatic carbocycles. The zero-order chi connectivity index (χ0) is 28.4. The van der Waals surface area contributed by atoms with Crippen LogP contribution >= 0.6 is 0 Å². The number of anilines is 2. The van der Waals surface area contributed by atoms with Crippen molar-refractivity contribution in [2.24, 2.45) is 0 Å². The second kappa shape index (κ2) is 11.2. The number of carbonyl (C=O) groups is 1. The fourth-order valence-corrected chi connectivity index (χ4v) is 4.95. The van der Waals surface area contributed by atoms with Crippen LogP contribution in [0.4, 0.5) is 11.6 Å². The molecule has 206 valence electrons. The quantitative estimate of drug-likeness (QED) is 0.292. The maximum atomic E-state index is 13.7. The zero-order valence-corrected chi connectivity index (χ0v) is 23.7. The Morgan fingerprint density at radius 3 is 2.52 bits per heavy atom. The average molecular weight is 539 g/mol. The number of tetrazole rings is 1. The summed E-state index contributed by atoms with van der Waals surface area (Å²) in [7, 11) is 0. The van der Waals surface area contributed by atoms with E-state index in [1.807, 2.05) is 63.2 Å². The van der Waals surface area contributed by atoms with Gasteiger partial charge in [-0.15, -0.1) is 0 Å². The molecule has 1 atom stereocenters. The van der Waals surface area contributed by atoms with Crippen LogP contribution in [0.2, 0.25) is 0 Å². The van der Waals surface area contributed by atoms with Crippen LogP contribution in [0.5, 0.6) is 11.5 Å². The van der Waals surface area contributed by atoms with E-state index in [4.69, 9.17) is 9.47 Å². The number of allylic oxidation sites excluding steroid dienone is 1. The van der Waals surface area contributed by atoms with Gasteiger partial charge in [-0.3, -0.25) is 4.79 Å². The normalized spacial score (nSPS) is 14.4. The highest BCUT2D eigenvalue weighted by atomic mass is 16.5. The van der Waals surface area contributed by atoms with Gasteiger partial charge in [0.15, 0.2) is 11.5 Å². The number of nitrogens with zero attached hydrogens (tertiary/aromatic N) is 4. The first-order valence-corrected chi connectivity index (χ1v) is 13.3. The Balaban J connectivity index is 1.49. The van der Waals surface area contributed by atoms with Crippen LogP contribution in [0, 0.1) is 27.7 Å². The number of nitrogens with one attached hydrogen (secondary N) is 2. The minimum atomic E-state index is -0.577. The van der Waals surface area contributed by atoms with Gasteiger partial charge in [0.1, 0.15) is 12.6 Å². The summed E-state index contributed by atoms with van der Waals surface area (Å²) >= 11 is 0. The maximum absolute atomic E-state index is 13.7. The summed E-state index contributed by atoms with van der Waals surface area (Å²) < 4.78 is 13.9. The standard InChI is InChI=1S/C31H34N6O3/c1-7-39-27-16-23(11-12-26(27)40-17-24-15-20(4)19(3)14-21(24)5)29-28(22(6)32-31-34-35-36-37(29)31)30(38)33-25-10-8-9-18(2)13-25/h8-16,29H,7,17H2,1-6H3,(H,33,38)(H,32,34,36). The molecule has 0 fully saturated rings. The first kappa shape index (κ1) is 26.9. The molecule has 9 nitrogen and oxygen atoms in total. The van der Waals surface area contributed by atoms with Gasteiger partial charge in [0, 0.05) is 11.4 Å². The van der Waals surface area contributed by atoms with Crippen molar-refractivity contribution < 1.29 is 14.3 Å². The van der Waals surface area contributed by atoms with E-state index in [9.17, 15) is 4.79 Å². The number of benzene rings is 3. The number of aromatic nitrogens is 4. The highest BCUT2D eigenvalue weighted by Gasteiger charge is 2.34. The number of rotatable bonds is 8. The molecule has 1 amide bonds. The Hall–Kier alpha value is -4.66. The van der Waals surface area contributed by atoms with Crippen molar-refractivity contribution in [3.05, 3.63) is 99.2 Å². The lowest BCUT2D eigenvalue weighted by Gasteiger charge is -2.28. The Kier molecular flexibility index (Phi) is 7.55. The van der Waals surface area contributed by atoms with Crippen molar-refractivity contribution in [1.29, 1.82) is 0 Å². The van der Waals surface area contributed by atoms with E-state index in [0.29, 0.717) is 47.6 Å². The lowest BCUT2D eigenvalue weighted by atomic mass is 9.94. The molecule has 1 aliphatic rings. The van der Waals surface area contributed by atoms with Gasteiger partial charge in [-0.05, 0) is 110 Å². The second-order valence-corrected chi connectivity index (χ2v) is 10.1. The molecule has 0 spiro atoms. The number of fused-ring (bicyclic) bond motifs is 1. The number of hydrogen-bond acceptors (Lipinski definition) is 7.